The number of ether oxygens (including phenoxy) is 2. The molecule has 3 amide bonds. The minimum Gasteiger partial charge on any atom is -0.463 e. The lowest BCUT2D eigenvalue weighted by molar-refractivity contribution is -0.153. The number of nitrogens with one attached hydrogen (secondary N) is 2. The van der Waals surface area contributed by atoms with Crippen LogP contribution in [-0.2, 0) is 35.1 Å². The zero-order valence-corrected chi connectivity index (χ0v) is 20.3. The van der Waals surface area contributed by atoms with Crippen LogP contribution in [0.4, 0.5) is 4.79 Å². The van der Waals surface area contributed by atoms with Crippen molar-refractivity contribution in [3.05, 3.63) is 35.9 Å². The summed E-state index contributed by atoms with van der Waals surface area (Å²) in [7, 11) is 1.10. The second-order valence-electron chi connectivity index (χ2n) is 9.16. The van der Waals surface area contributed by atoms with Crippen LogP contribution in [-0.4, -0.2) is 71.9 Å². The molecule has 1 unspecified atom stereocenters. The molecule has 1 heterocycles. The topological polar surface area (TPSA) is 131 Å². The Labute approximate surface area is 199 Å². The molecule has 186 valence electrons. The summed E-state index contributed by atoms with van der Waals surface area (Å²) in [6.45, 7) is 6.97. The highest BCUT2D eigenvalue weighted by Gasteiger charge is 2.38. The van der Waals surface area contributed by atoms with Gasteiger partial charge >= 0.3 is 12.1 Å². The van der Waals surface area contributed by atoms with Gasteiger partial charge < -0.3 is 25.0 Å². The number of nitrogens with zero attached hydrogens (tertiary/aromatic N) is 1. The van der Waals surface area contributed by atoms with E-state index in [1.54, 1.807) is 45.0 Å². The summed E-state index contributed by atoms with van der Waals surface area (Å²) in [4.78, 5) is 63.9. The smallest absolute Gasteiger partial charge is 0.408 e. The van der Waals surface area contributed by atoms with Crippen molar-refractivity contribution in [3.8, 4) is 0 Å². The number of alkyl carbamates (subject to hydrolysis) is 1. The zero-order valence-electron chi connectivity index (χ0n) is 20.3. The summed E-state index contributed by atoms with van der Waals surface area (Å²) >= 11 is 0. The number of amides is 3. The Morgan fingerprint density at radius 1 is 1.09 bits per heavy atom. The standard InChI is InChI=1S/C24H33N3O7/c1-15(25-23(32)34-24(2,3)4)21(30)27-13-9-12-18(27)20(29)26-17(19(28)22(31)33-5)14-16-10-7-6-8-11-16/h6-8,10-11,15,17-18H,9,12-14H2,1-5H3,(H,25,32)(H,26,29)/t15-,17?,18-/m0/s1. The van der Waals surface area contributed by atoms with E-state index in [2.05, 4.69) is 15.4 Å². The molecule has 10 heteroatoms. The predicted molar refractivity (Wildman–Crippen MR) is 123 cm³/mol. The van der Waals surface area contributed by atoms with Gasteiger partial charge in [-0.15, -0.1) is 0 Å². The average Bonchev–Trinajstić information content (AvgIpc) is 3.26. The van der Waals surface area contributed by atoms with Crippen LogP contribution in [0.5, 0.6) is 0 Å². The largest absolute Gasteiger partial charge is 0.463 e. The molecule has 1 saturated heterocycles. The number of ketones is 1. The maximum atomic E-state index is 13.1. The van der Waals surface area contributed by atoms with Crippen LogP contribution in [0.15, 0.2) is 30.3 Å². The number of rotatable bonds is 8. The third kappa shape index (κ3) is 7.57. The van der Waals surface area contributed by atoms with E-state index >= 15 is 0 Å². The maximum absolute atomic E-state index is 13.1. The molecule has 0 aromatic heterocycles. The van der Waals surface area contributed by atoms with Crippen molar-refractivity contribution in [3.63, 3.8) is 0 Å². The lowest BCUT2D eigenvalue weighted by Gasteiger charge is -2.29. The number of carbonyl (C=O) groups excluding carboxylic acids is 5. The zero-order chi connectivity index (χ0) is 25.5. The molecule has 0 bridgehead atoms. The van der Waals surface area contributed by atoms with Crippen LogP contribution in [0.3, 0.4) is 0 Å². The van der Waals surface area contributed by atoms with Crippen molar-refractivity contribution in [2.45, 2.75) is 70.7 Å². The number of benzene rings is 1. The van der Waals surface area contributed by atoms with Gasteiger partial charge in [0.05, 0.1) is 7.11 Å². The van der Waals surface area contributed by atoms with Crippen molar-refractivity contribution in [1.82, 2.24) is 15.5 Å². The minimum absolute atomic E-state index is 0.0950. The Balaban J connectivity index is 2.10. The van der Waals surface area contributed by atoms with Gasteiger partial charge in [-0.2, -0.15) is 0 Å². The molecule has 0 aliphatic carbocycles. The molecule has 2 N–H and O–H groups in total. The van der Waals surface area contributed by atoms with E-state index in [9.17, 15) is 24.0 Å². The first-order valence-corrected chi connectivity index (χ1v) is 11.2. The monoisotopic (exact) mass is 475 g/mol. The van der Waals surface area contributed by atoms with Crippen molar-refractivity contribution in [1.29, 1.82) is 0 Å². The molecule has 0 radical (unpaired) electrons. The summed E-state index contributed by atoms with van der Waals surface area (Å²) < 4.78 is 9.73. The van der Waals surface area contributed by atoms with Gasteiger partial charge in [-0.25, -0.2) is 9.59 Å². The van der Waals surface area contributed by atoms with E-state index in [0.717, 1.165) is 12.7 Å². The first-order chi connectivity index (χ1) is 15.9. The van der Waals surface area contributed by atoms with Crippen LogP contribution in [0.25, 0.3) is 0 Å². The van der Waals surface area contributed by atoms with E-state index < -0.39 is 53.4 Å². The predicted octanol–water partition coefficient (Wildman–Crippen LogP) is 1.36. The van der Waals surface area contributed by atoms with E-state index in [0.29, 0.717) is 19.4 Å². The van der Waals surface area contributed by atoms with Crippen molar-refractivity contribution in [2.24, 2.45) is 0 Å². The molecule has 0 spiro atoms. The van der Waals surface area contributed by atoms with E-state index in [4.69, 9.17) is 4.74 Å². The number of hydrogen-bond acceptors (Lipinski definition) is 7. The molecule has 10 nitrogen and oxygen atoms in total. The third-order valence-electron chi connectivity index (χ3n) is 5.24. The van der Waals surface area contributed by atoms with Gasteiger partial charge in [0.25, 0.3) is 5.78 Å². The highest BCUT2D eigenvalue weighted by Crippen LogP contribution is 2.19. The van der Waals surface area contributed by atoms with Gasteiger partial charge in [0.1, 0.15) is 23.7 Å². The quantitative estimate of drug-likeness (QED) is 0.429. The summed E-state index contributed by atoms with van der Waals surface area (Å²) in [5.41, 5.74) is 0.0302. The Hall–Kier alpha value is -3.43. The molecule has 2 rings (SSSR count). The van der Waals surface area contributed by atoms with Crippen molar-refractivity contribution in [2.75, 3.05) is 13.7 Å². The van der Waals surface area contributed by atoms with Gasteiger partial charge in [0.15, 0.2) is 0 Å². The number of hydrogen-bond donors (Lipinski definition) is 2. The van der Waals surface area contributed by atoms with Crippen LogP contribution in [0, 0.1) is 0 Å². The molecule has 0 saturated carbocycles. The number of likely N-dealkylation sites (tertiary alicyclic amines) is 1. The highest BCUT2D eigenvalue weighted by atomic mass is 16.6. The summed E-state index contributed by atoms with van der Waals surface area (Å²) in [5, 5.41) is 5.11. The Morgan fingerprint density at radius 2 is 1.74 bits per heavy atom. The molecule has 3 atom stereocenters. The van der Waals surface area contributed by atoms with Gasteiger partial charge in [0.2, 0.25) is 11.8 Å². The Bertz CT molecular complexity index is 911. The molecule has 1 aliphatic rings. The van der Waals surface area contributed by atoms with Crippen molar-refractivity contribution >= 4 is 29.7 Å². The molecular weight excluding hydrogens is 442 g/mol. The second kappa shape index (κ2) is 11.6. The number of esters is 1. The number of Topliss-reactive ketones (excluding diaryl/α,β-unsaturated/α-hetero) is 1. The number of carbonyl (C=O) groups is 5. The van der Waals surface area contributed by atoms with Crippen LogP contribution < -0.4 is 10.6 Å². The summed E-state index contributed by atoms with van der Waals surface area (Å²) in [6.07, 6.45) is 0.330. The summed E-state index contributed by atoms with van der Waals surface area (Å²) in [5.74, 6) is -2.93. The van der Waals surface area contributed by atoms with Crippen molar-refractivity contribution < 1.29 is 33.4 Å². The second-order valence-corrected chi connectivity index (χ2v) is 9.16. The van der Waals surface area contributed by atoms with Gasteiger partial charge in [-0.3, -0.25) is 14.4 Å². The molecule has 1 aromatic carbocycles. The molecule has 1 fully saturated rings. The Morgan fingerprint density at radius 3 is 2.32 bits per heavy atom. The molecule has 1 aliphatic heterocycles. The molecule has 1 aromatic rings. The third-order valence-corrected chi connectivity index (χ3v) is 5.24. The first kappa shape index (κ1) is 26.8. The SMILES string of the molecule is COC(=O)C(=O)C(Cc1ccccc1)NC(=O)[C@@H]1CCCN1C(=O)[C@H](C)NC(=O)OC(C)(C)C. The normalized spacial score (nSPS) is 17.3. The van der Waals surface area contributed by atoms with E-state index in [1.165, 1.54) is 11.8 Å². The fraction of sp³-hybridized carbons (Fsp3) is 0.542. The number of methoxy groups -OCH3 is 1. The van der Waals surface area contributed by atoms with Crippen LogP contribution in [0.2, 0.25) is 0 Å². The lowest BCUT2D eigenvalue weighted by atomic mass is 10.0. The van der Waals surface area contributed by atoms with E-state index in [1.807, 2.05) is 6.07 Å². The fourth-order valence-corrected chi connectivity index (χ4v) is 3.67. The maximum Gasteiger partial charge on any atom is 0.408 e. The van der Waals surface area contributed by atoms with Crippen LogP contribution >= 0.6 is 0 Å². The van der Waals surface area contributed by atoms with Gasteiger partial charge in [0, 0.05) is 13.0 Å². The van der Waals surface area contributed by atoms with Gasteiger partial charge in [-0.1, -0.05) is 30.3 Å². The average molecular weight is 476 g/mol. The first-order valence-electron chi connectivity index (χ1n) is 11.2. The fourth-order valence-electron chi connectivity index (χ4n) is 3.67. The van der Waals surface area contributed by atoms with Crippen LogP contribution in [0.1, 0.15) is 46.1 Å². The van der Waals surface area contributed by atoms with Gasteiger partial charge in [-0.05, 0) is 46.1 Å². The molecular formula is C24H33N3O7. The molecule has 34 heavy (non-hydrogen) atoms. The highest BCUT2D eigenvalue weighted by molar-refractivity contribution is 6.36. The lowest BCUT2D eigenvalue weighted by Crippen LogP contribution is -2.55. The Kier molecular flexibility index (Phi) is 9.17. The summed E-state index contributed by atoms with van der Waals surface area (Å²) in [6, 6.07) is 6.04. The minimum atomic E-state index is -1.14. The van der Waals surface area contributed by atoms with E-state index in [-0.39, 0.29) is 6.42 Å².